The molecular weight excluding hydrogens is 128 g/mol. The predicted octanol–water partition coefficient (Wildman–Crippen LogP) is 0.707. The van der Waals surface area contributed by atoms with Crippen LogP contribution in [0, 0.1) is 0 Å². The van der Waals surface area contributed by atoms with Crippen LogP contribution in [0.25, 0.3) is 0 Å². The lowest BCUT2D eigenvalue weighted by Crippen LogP contribution is -2.19. The van der Waals surface area contributed by atoms with Crippen LogP contribution in [0.3, 0.4) is 0 Å². The van der Waals surface area contributed by atoms with Crippen LogP contribution in [0.5, 0.6) is 0 Å². The van der Waals surface area contributed by atoms with Crippen molar-refractivity contribution in [2.24, 2.45) is 0 Å². The third-order valence-electron chi connectivity index (χ3n) is 0.845. The number of alkyl halides is 1. The monoisotopic (exact) mass is 132 g/mol. The van der Waals surface area contributed by atoms with E-state index in [-0.39, 0.29) is 5.78 Å². The topological polar surface area (TPSA) is 26.3 Å². The first-order valence-electron chi connectivity index (χ1n) is 2.27. The van der Waals surface area contributed by atoms with Crippen molar-refractivity contribution in [1.29, 1.82) is 0 Å². The molecule has 3 heteroatoms. The highest BCUT2D eigenvalue weighted by Crippen LogP contribution is 2.05. The summed E-state index contributed by atoms with van der Waals surface area (Å²) in [6, 6.07) is 0. The number of rotatable bonds is 0. The summed E-state index contributed by atoms with van der Waals surface area (Å²) in [6.45, 7) is 0.444. The summed E-state index contributed by atoms with van der Waals surface area (Å²) in [5, 5.41) is 0. The fourth-order valence-electron chi connectivity index (χ4n) is 0.462. The summed E-state index contributed by atoms with van der Waals surface area (Å²) < 4.78 is 4.72. The Hall–Kier alpha value is -0.340. The molecule has 0 aromatic heterocycles. The van der Waals surface area contributed by atoms with E-state index in [1.807, 2.05) is 0 Å². The second-order valence-electron chi connectivity index (χ2n) is 1.45. The van der Waals surface area contributed by atoms with Crippen molar-refractivity contribution in [2.45, 2.75) is 5.56 Å². The number of ketones is 1. The molecule has 1 aliphatic heterocycles. The number of ether oxygens (including phenoxy) is 1. The molecule has 1 aliphatic rings. The summed E-state index contributed by atoms with van der Waals surface area (Å²) >= 11 is 5.34. The van der Waals surface area contributed by atoms with Crippen LogP contribution in [0.2, 0.25) is 0 Å². The van der Waals surface area contributed by atoms with E-state index in [9.17, 15) is 4.79 Å². The zero-order valence-electron chi connectivity index (χ0n) is 4.13. The van der Waals surface area contributed by atoms with Gasteiger partial charge in [-0.3, -0.25) is 4.79 Å². The first kappa shape index (κ1) is 5.79. The molecule has 0 aromatic rings. The van der Waals surface area contributed by atoms with Gasteiger partial charge in [-0.1, -0.05) is 17.7 Å². The number of hydrogen-bond acceptors (Lipinski definition) is 2. The maximum Gasteiger partial charge on any atom is 0.199 e. The van der Waals surface area contributed by atoms with Gasteiger partial charge in [0.25, 0.3) is 0 Å². The third kappa shape index (κ3) is 1.08. The van der Waals surface area contributed by atoms with Crippen LogP contribution in [0.4, 0.5) is 0 Å². The van der Waals surface area contributed by atoms with Crippen LogP contribution in [-0.2, 0) is 9.53 Å². The third-order valence-corrected chi connectivity index (χ3v) is 1.19. The standard InChI is InChI=1S/C5H5ClO2/c6-5-4(7)2-1-3-8-5/h1-2,5H,3H2. The van der Waals surface area contributed by atoms with Crippen molar-refractivity contribution in [2.75, 3.05) is 6.61 Å². The normalized spacial score (nSPS) is 28.6. The molecule has 1 unspecified atom stereocenters. The lowest BCUT2D eigenvalue weighted by Gasteiger charge is -2.08. The van der Waals surface area contributed by atoms with Crippen molar-refractivity contribution in [1.82, 2.24) is 0 Å². The molecule has 0 saturated carbocycles. The molecule has 0 spiro atoms. The molecule has 0 N–H and O–H groups in total. The van der Waals surface area contributed by atoms with Crippen LogP contribution < -0.4 is 0 Å². The first-order chi connectivity index (χ1) is 3.80. The minimum atomic E-state index is -0.750. The molecule has 44 valence electrons. The molecule has 0 fully saturated rings. The van der Waals surface area contributed by atoms with Gasteiger partial charge >= 0.3 is 0 Å². The lowest BCUT2D eigenvalue weighted by atomic mass is 10.3. The van der Waals surface area contributed by atoms with Gasteiger partial charge in [-0.25, -0.2) is 0 Å². The highest BCUT2D eigenvalue weighted by molar-refractivity contribution is 6.31. The zero-order valence-corrected chi connectivity index (χ0v) is 4.89. The average molecular weight is 133 g/mol. The Morgan fingerprint density at radius 2 is 2.62 bits per heavy atom. The summed E-state index contributed by atoms with van der Waals surface area (Å²) in [6.07, 6.45) is 3.07. The lowest BCUT2D eigenvalue weighted by molar-refractivity contribution is -0.121. The van der Waals surface area contributed by atoms with Crippen LogP contribution in [-0.4, -0.2) is 18.0 Å². The molecule has 1 atom stereocenters. The van der Waals surface area contributed by atoms with Gasteiger partial charge in [0.15, 0.2) is 11.3 Å². The number of carbonyl (C=O) groups is 1. The first-order valence-corrected chi connectivity index (χ1v) is 2.70. The van der Waals surface area contributed by atoms with Gasteiger partial charge in [0.1, 0.15) is 0 Å². The van der Waals surface area contributed by atoms with Gasteiger partial charge in [-0.05, 0) is 6.08 Å². The van der Waals surface area contributed by atoms with E-state index in [1.54, 1.807) is 6.08 Å². The number of carbonyl (C=O) groups excluding carboxylic acids is 1. The molecule has 8 heavy (non-hydrogen) atoms. The molecule has 0 amide bonds. The summed E-state index contributed by atoms with van der Waals surface area (Å²) in [4.78, 5) is 10.5. The van der Waals surface area contributed by atoms with Crippen molar-refractivity contribution in [3.8, 4) is 0 Å². The minimum Gasteiger partial charge on any atom is -0.351 e. The molecule has 1 heterocycles. The molecule has 1 rings (SSSR count). The van der Waals surface area contributed by atoms with Gasteiger partial charge < -0.3 is 4.74 Å². The molecule has 0 aromatic carbocycles. The van der Waals surface area contributed by atoms with Crippen LogP contribution in [0.1, 0.15) is 0 Å². The van der Waals surface area contributed by atoms with E-state index in [0.717, 1.165) is 0 Å². The number of hydrogen-bond donors (Lipinski definition) is 0. The largest absolute Gasteiger partial charge is 0.351 e. The van der Waals surface area contributed by atoms with E-state index in [2.05, 4.69) is 0 Å². The molecular formula is C5H5ClO2. The smallest absolute Gasteiger partial charge is 0.199 e. The van der Waals surface area contributed by atoms with Crippen LogP contribution in [0.15, 0.2) is 12.2 Å². The maximum absolute atomic E-state index is 10.5. The van der Waals surface area contributed by atoms with Gasteiger partial charge in [0.05, 0.1) is 6.61 Å². The second-order valence-corrected chi connectivity index (χ2v) is 1.85. The SMILES string of the molecule is O=C1C=CCOC1Cl. The Morgan fingerprint density at radius 3 is 3.00 bits per heavy atom. The maximum atomic E-state index is 10.5. The minimum absolute atomic E-state index is 0.169. The molecule has 0 aliphatic carbocycles. The fourth-order valence-corrected chi connectivity index (χ4v) is 0.608. The van der Waals surface area contributed by atoms with Crippen molar-refractivity contribution >= 4 is 17.4 Å². The Balaban J connectivity index is 2.60. The number of halogens is 1. The molecule has 2 nitrogen and oxygen atoms in total. The molecule has 0 saturated heterocycles. The predicted molar refractivity (Wildman–Crippen MR) is 29.7 cm³/mol. The van der Waals surface area contributed by atoms with E-state index in [4.69, 9.17) is 16.3 Å². The highest BCUT2D eigenvalue weighted by Gasteiger charge is 2.14. The van der Waals surface area contributed by atoms with Gasteiger partial charge in [0, 0.05) is 0 Å². The summed E-state index contributed by atoms with van der Waals surface area (Å²) in [5.74, 6) is -0.169. The van der Waals surface area contributed by atoms with E-state index >= 15 is 0 Å². The fraction of sp³-hybridized carbons (Fsp3) is 0.400. The van der Waals surface area contributed by atoms with Gasteiger partial charge in [-0.15, -0.1) is 0 Å². The van der Waals surface area contributed by atoms with Gasteiger partial charge in [-0.2, -0.15) is 0 Å². The summed E-state index contributed by atoms with van der Waals surface area (Å²) in [5.41, 5.74) is -0.750. The van der Waals surface area contributed by atoms with E-state index in [0.29, 0.717) is 6.61 Å². The molecule has 0 bridgehead atoms. The average Bonchev–Trinajstić information content (AvgIpc) is 1.77. The van der Waals surface area contributed by atoms with Crippen LogP contribution >= 0.6 is 11.6 Å². The quantitative estimate of drug-likeness (QED) is 0.454. The Bertz CT molecular complexity index is 130. The van der Waals surface area contributed by atoms with E-state index < -0.39 is 5.56 Å². The second kappa shape index (κ2) is 2.29. The van der Waals surface area contributed by atoms with E-state index in [1.165, 1.54) is 6.08 Å². The zero-order chi connectivity index (χ0) is 5.98. The molecule has 0 radical (unpaired) electrons. The van der Waals surface area contributed by atoms with Gasteiger partial charge in [0.2, 0.25) is 0 Å². The summed E-state index contributed by atoms with van der Waals surface area (Å²) in [7, 11) is 0. The Morgan fingerprint density at radius 1 is 1.88 bits per heavy atom. The van der Waals surface area contributed by atoms with Crippen molar-refractivity contribution in [3.05, 3.63) is 12.2 Å². The Kier molecular flexibility index (Phi) is 1.65. The van der Waals surface area contributed by atoms with Crippen molar-refractivity contribution in [3.63, 3.8) is 0 Å². The highest BCUT2D eigenvalue weighted by atomic mass is 35.5. The Labute approximate surface area is 52.1 Å². The van der Waals surface area contributed by atoms with Crippen molar-refractivity contribution < 1.29 is 9.53 Å².